The van der Waals surface area contributed by atoms with Crippen LogP contribution in [0.1, 0.15) is 19.3 Å². The summed E-state index contributed by atoms with van der Waals surface area (Å²) in [4.78, 5) is 14.7. The molecule has 1 aromatic carbocycles. The summed E-state index contributed by atoms with van der Waals surface area (Å²) < 4.78 is 5.03. The molecule has 0 radical (unpaired) electrons. The quantitative estimate of drug-likeness (QED) is 0.867. The maximum Gasteiger partial charge on any atom is 0.332 e. The largest absolute Gasteiger partial charge is 0.467 e. The Labute approximate surface area is 124 Å². The normalized spacial score (nSPS) is 26.5. The van der Waals surface area contributed by atoms with Gasteiger partial charge in [-0.2, -0.15) is 0 Å². The molecular weight excluding hydrogens is 276 g/mol. The van der Waals surface area contributed by atoms with Crippen molar-refractivity contribution in [3.63, 3.8) is 0 Å². The molecule has 5 heteroatoms. The fraction of sp³-hybridized carbons (Fsp3) is 0.533. The number of ether oxygens (including phenoxy) is 1. The van der Waals surface area contributed by atoms with Gasteiger partial charge in [-0.05, 0) is 37.5 Å². The molecule has 2 aliphatic rings. The van der Waals surface area contributed by atoms with E-state index < -0.39 is 5.54 Å². The maximum atomic E-state index is 12.3. The van der Waals surface area contributed by atoms with Gasteiger partial charge in [-0.3, -0.25) is 4.90 Å². The first-order valence-corrected chi connectivity index (χ1v) is 7.37. The number of halogens is 1. The van der Waals surface area contributed by atoms with Crippen LogP contribution in [0.2, 0.25) is 5.02 Å². The minimum absolute atomic E-state index is 0.194. The molecule has 1 unspecified atom stereocenters. The summed E-state index contributed by atoms with van der Waals surface area (Å²) >= 11 is 6.01. The highest BCUT2D eigenvalue weighted by Gasteiger charge is 2.49. The summed E-state index contributed by atoms with van der Waals surface area (Å²) in [6, 6.07) is 8.12. The number of carbonyl (C=O) groups is 1. The van der Waals surface area contributed by atoms with E-state index >= 15 is 0 Å². The van der Waals surface area contributed by atoms with Crippen molar-refractivity contribution in [2.24, 2.45) is 0 Å². The zero-order valence-corrected chi connectivity index (χ0v) is 12.3. The molecule has 3 rings (SSSR count). The van der Waals surface area contributed by atoms with Crippen molar-refractivity contribution in [1.29, 1.82) is 0 Å². The highest BCUT2D eigenvalue weighted by Crippen LogP contribution is 2.36. The Kier molecular flexibility index (Phi) is 3.61. The van der Waals surface area contributed by atoms with Gasteiger partial charge in [-0.15, -0.1) is 0 Å². The van der Waals surface area contributed by atoms with Crippen LogP contribution in [0.5, 0.6) is 0 Å². The summed E-state index contributed by atoms with van der Waals surface area (Å²) in [5.74, 6) is -0.194. The lowest BCUT2D eigenvalue weighted by Gasteiger charge is -2.29. The van der Waals surface area contributed by atoms with Crippen molar-refractivity contribution in [3.05, 3.63) is 29.3 Å². The first-order chi connectivity index (χ1) is 9.63. The predicted molar refractivity (Wildman–Crippen MR) is 79.0 cm³/mol. The zero-order chi connectivity index (χ0) is 14.2. The topological polar surface area (TPSA) is 41.6 Å². The highest BCUT2D eigenvalue weighted by molar-refractivity contribution is 6.30. The number of rotatable bonds is 4. The van der Waals surface area contributed by atoms with Crippen molar-refractivity contribution in [1.82, 2.24) is 4.90 Å². The lowest BCUT2D eigenvalue weighted by Crippen LogP contribution is -2.49. The second kappa shape index (κ2) is 5.26. The summed E-state index contributed by atoms with van der Waals surface area (Å²) in [5, 5.41) is 4.02. The molecule has 1 N–H and O–H groups in total. The monoisotopic (exact) mass is 294 g/mol. The van der Waals surface area contributed by atoms with Crippen LogP contribution in [0.25, 0.3) is 0 Å². The number of nitrogens with zero attached hydrogens (tertiary/aromatic N) is 1. The minimum atomic E-state index is -0.651. The van der Waals surface area contributed by atoms with Gasteiger partial charge >= 0.3 is 5.97 Å². The number of hydrogen-bond acceptors (Lipinski definition) is 4. The Morgan fingerprint density at radius 2 is 2.30 bits per heavy atom. The molecule has 0 spiro atoms. The summed E-state index contributed by atoms with van der Waals surface area (Å²) in [6.45, 7) is 1.64. The van der Waals surface area contributed by atoms with Crippen LogP contribution in [0.15, 0.2) is 24.3 Å². The van der Waals surface area contributed by atoms with E-state index in [0.29, 0.717) is 17.6 Å². The van der Waals surface area contributed by atoms with Crippen LogP contribution in [0, 0.1) is 0 Å². The number of carbonyl (C=O) groups excluding carboxylic acids is 1. The minimum Gasteiger partial charge on any atom is -0.467 e. The Bertz CT molecular complexity index is 518. The molecule has 20 heavy (non-hydrogen) atoms. The predicted octanol–water partition coefficient (Wildman–Crippen LogP) is 2.53. The second-order valence-electron chi connectivity index (χ2n) is 5.66. The number of likely N-dealkylation sites (tertiary alicyclic amines) is 1. The van der Waals surface area contributed by atoms with Gasteiger partial charge in [0.05, 0.1) is 7.11 Å². The first-order valence-electron chi connectivity index (χ1n) is 6.99. The number of benzene rings is 1. The Balaban J connectivity index is 1.81. The smallest absolute Gasteiger partial charge is 0.332 e. The van der Waals surface area contributed by atoms with Crippen molar-refractivity contribution < 1.29 is 9.53 Å². The van der Waals surface area contributed by atoms with Crippen LogP contribution in [0.4, 0.5) is 5.69 Å². The van der Waals surface area contributed by atoms with E-state index in [9.17, 15) is 4.79 Å². The van der Waals surface area contributed by atoms with Gasteiger partial charge in [-0.1, -0.05) is 17.7 Å². The first kappa shape index (κ1) is 13.7. The van der Waals surface area contributed by atoms with Gasteiger partial charge < -0.3 is 10.1 Å². The van der Waals surface area contributed by atoms with Gasteiger partial charge in [0, 0.05) is 29.8 Å². The Morgan fingerprint density at radius 1 is 1.50 bits per heavy atom. The van der Waals surface area contributed by atoms with Crippen LogP contribution in [-0.4, -0.2) is 42.6 Å². The van der Waals surface area contributed by atoms with Gasteiger partial charge in [0.1, 0.15) is 5.54 Å². The van der Waals surface area contributed by atoms with Crippen LogP contribution in [0.3, 0.4) is 0 Å². The summed E-state index contributed by atoms with van der Waals surface area (Å²) in [6.07, 6.45) is 3.26. The summed E-state index contributed by atoms with van der Waals surface area (Å²) in [5.41, 5.74) is 0.211. The van der Waals surface area contributed by atoms with Gasteiger partial charge in [0.2, 0.25) is 0 Å². The Hall–Kier alpha value is -1.26. The molecule has 1 heterocycles. The molecule has 1 aliphatic heterocycles. The van der Waals surface area contributed by atoms with E-state index in [0.717, 1.165) is 18.7 Å². The molecule has 1 saturated carbocycles. The SMILES string of the molecule is COC(=O)C1(Nc2cccc(Cl)c2)CCN(C2CC2)C1. The van der Waals surface area contributed by atoms with Gasteiger partial charge in [-0.25, -0.2) is 4.79 Å². The van der Waals surface area contributed by atoms with E-state index in [1.807, 2.05) is 24.3 Å². The second-order valence-corrected chi connectivity index (χ2v) is 6.10. The third kappa shape index (κ3) is 2.63. The molecule has 1 saturated heterocycles. The Morgan fingerprint density at radius 3 is 2.95 bits per heavy atom. The van der Waals surface area contributed by atoms with Crippen molar-refractivity contribution in [2.75, 3.05) is 25.5 Å². The summed E-state index contributed by atoms with van der Waals surface area (Å²) in [7, 11) is 1.45. The van der Waals surface area contributed by atoms with Gasteiger partial charge in [0.15, 0.2) is 0 Å². The van der Waals surface area contributed by atoms with Crippen molar-refractivity contribution in [3.8, 4) is 0 Å². The molecular formula is C15H19ClN2O2. The van der Waals surface area contributed by atoms with Crippen molar-refractivity contribution in [2.45, 2.75) is 30.8 Å². The van der Waals surface area contributed by atoms with E-state index in [2.05, 4.69) is 10.2 Å². The van der Waals surface area contributed by atoms with E-state index in [1.54, 1.807) is 0 Å². The average Bonchev–Trinajstić information content (AvgIpc) is 3.20. The van der Waals surface area contributed by atoms with Gasteiger partial charge in [0.25, 0.3) is 0 Å². The lowest BCUT2D eigenvalue weighted by molar-refractivity contribution is -0.145. The zero-order valence-electron chi connectivity index (χ0n) is 11.6. The average molecular weight is 295 g/mol. The van der Waals surface area contributed by atoms with E-state index in [-0.39, 0.29) is 5.97 Å². The fourth-order valence-corrected chi connectivity index (χ4v) is 3.14. The van der Waals surface area contributed by atoms with Crippen LogP contribution < -0.4 is 5.32 Å². The fourth-order valence-electron chi connectivity index (χ4n) is 2.95. The molecule has 0 amide bonds. The number of anilines is 1. The lowest BCUT2D eigenvalue weighted by atomic mass is 9.98. The molecule has 0 bridgehead atoms. The van der Waals surface area contributed by atoms with E-state index in [1.165, 1.54) is 20.0 Å². The number of esters is 1. The maximum absolute atomic E-state index is 12.3. The highest BCUT2D eigenvalue weighted by atomic mass is 35.5. The van der Waals surface area contributed by atoms with Crippen molar-refractivity contribution >= 4 is 23.3 Å². The molecule has 2 fully saturated rings. The van der Waals surface area contributed by atoms with E-state index in [4.69, 9.17) is 16.3 Å². The standard InChI is InChI=1S/C15H19ClN2O2/c1-20-14(19)15(7-8-18(10-15)13-5-6-13)17-12-4-2-3-11(16)9-12/h2-4,9,13,17H,5-8,10H2,1H3. The number of hydrogen-bond donors (Lipinski definition) is 1. The molecule has 1 aromatic rings. The third-order valence-corrected chi connectivity index (χ3v) is 4.38. The van der Waals surface area contributed by atoms with Crippen LogP contribution in [-0.2, 0) is 9.53 Å². The molecule has 4 nitrogen and oxygen atoms in total. The molecule has 1 atom stereocenters. The molecule has 0 aromatic heterocycles. The molecule has 1 aliphatic carbocycles. The number of methoxy groups -OCH3 is 1. The van der Waals surface area contributed by atoms with Crippen LogP contribution >= 0.6 is 11.6 Å². The number of nitrogens with one attached hydrogen (secondary N) is 1. The third-order valence-electron chi connectivity index (χ3n) is 4.15. The molecule has 108 valence electrons.